The molecule has 0 unspecified atom stereocenters. The van der Waals surface area contributed by atoms with E-state index < -0.39 is 9.84 Å². The number of aromatic nitrogens is 3. The van der Waals surface area contributed by atoms with Gasteiger partial charge in [0.05, 0.1) is 31.9 Å². The molecular weight excluding hydrogens is 407 g/mol. The fourth-order valence-corrected chi connectivity index (χ4v) is 4.85. The summed E-state index contributed by atoms with van der Waals surface area (Å²) in [6.45, 7) is 1.28. The molecule has 0 aliphatic carbocycles. The zero-order chi connectivity index (χ0) is 19.2. The van der Waals surface area contributed by atoms with Crippen LogP contribution in [0.5, 0.6) is 0 Å². The number of fused-ring (bicyclic) bond motifs is 1. The van der Waals surface area contributed by atoms with Crippen LogP contribution in [0.1, 0.15) is 12.8 Å². The topological polar surface area (TPSA) is 79.0 Å². The monoisotopic (exact) mass is 424 g/mol. The highest BCUT2D eigenvalue weighted by atomic mass is 35.5. The smallest absolute Gasteiger partial charge is 0.150 e. The van der Waals surface area contributed by atoms with Crippen LogP contribution in [0, 0.1) is 0 Å². The van der Waals surface area contributed by atoms with Gasteiger partial charge in [-0.1, -0.05) is 23.2 Å². The number of halogens is 2. The minimum atomic E-state index is -3.01. The second-order valence-electron chi connectivity index (χ2n) is 6.76. The number of hydrogen-bond acceptors (Lipinski definition) is 5. The summed E-state index contributed by atoms with van der Waals surface area (Å²) in [5.74, 6) is 1.47. The molecule has 1 saturated heterocycles. The van der Waals surface area contributed by atoms with E-state index in [9.17, 15) is 8.42 Å². The number of sulfone groups is 1. The van der Waals surface area contributed by atoms with Gasteiger partial charge in [0.2, 0.25) is 0 Å². The summed E-state index contributed by atoms with van der Waals surface area (Å²) in [7, 11) is -3.01. The second-order valence-corrected chi connectivity index (χ2v) is 9.90. The molecule has 2 aromatic heterocycles. The number of H-pyrrole nitrogens is 1. The Kier molecular flexibility index (Phi) is 4.78. The molecule has 0 spiro atoms. The molecule has 0 atom stereocenters. The zero-order valence-electron chi connectivity index (χ0n) is 14.6. The third kappa shape index (κ3) is 3.63. The predicted octanol–water partition coefficient (Wildman–Crippen LogP) is 3.95. The molecule has 1 fully saturated rings. The number of aromatic amines is 1. The Morgan fingerprint density at radius 2 is 1.89 bits per heavy atom. The number of anilines is 1. The molecule has 0 radical (unpaired) electrons. The van der Waals surface area contributed by atoms with Crippen molar-refractivity contribution in [2.75, 3.05) is 24.2 Å². The Balaban J connectivity index is 1.68. The van der Waals surface area contributed by atoms with Crippen LogP contribution in [-0.2, 0) is 9.84 Å². The summed E-state index contributed by atoms with van der Waals surface area (Å²) in [5, 5.41) is 0.640. The number of rotatable bonds is 3. The number of nitrogens with one attached hydrogen (secondary N) is 1. The third-order valence-electron chi connectivity index (χ3n) is 4.91. The average molecular weight is 425 g/mol. The molecule has 142 valence electrons. The van der Waals surface area contributed by atoms with Crippen molar-refractivity contribution in [2.45, 2.75) is 18.1 Å². The van der Waals surface area contributed by atoms with Crippen LogP contribution in [0.15, 0.2) is 30.5 Å². The van der Waals surface area contributed by atoms with Crippen molar-refractivity contribution < 1.29 is 8.42 Å². The summed E-state index contributed by atoms with van der Waals surface area (Å²) in [6, 6.07) is 7.29. The van der Waals surface area contributed by atoms with E-state index in [1.165, 1.54) is 6.26 Å². The standard InChI is InChI=1S/C18H18Cl2N4O2S/c1-27(25,26)11-4-7-24(8-5-11)18-12(3-2-6-21-18)17-22-15-9-13(19)14(20)10-16(15)23-17/h2-3,6,9-11H,4-5,7-8H2,1H3,(H,22,23). The highest BCUT2D eigenvalue weighted by Crippen LogP contribution is 2.33. The molecule has 1 aromatic carbocycles. The summed E-state index contributed by atoms with van der Waals surface area (Å²) in [5.41, 5.74) is 2.38. The van der Waals surface area contributed by atoms with Crippen LogP contribution in [0.2, 0.25) is 10.0 Å². The summed E-state index contributed by atoms with van der Waals surface area (Å²) < 4.78 is 23.6. The molecule has 6 nitrogen and oxygen atoms in total. The van der Waals surface area contributed by atoms with Crippen LogP contribution in [0.25, 0.3) is 22.4 Å². The van der Waals surface area contributed by atoms with Crippen LogP contribution in [0.4, 0.5) is 5.82 Å². The molecule has 0 bridgehead atoms. The maximum absolute atomic E-state index is 11.8. The van der Waals surface area contributed by atoms with Gasteiger partial charge in [0.15, 0.2) is 0 Å². The number of pyridine rings is 1. The maximum atomic E-state index is 11.8. The largest absolute Gasteiger partial charge is 0.356 e. The lowest BCUT2D eigenvalue weighted by molar-refractivity contribution is 0.532. The molecule has 0 amide bonds. The quantitative estimate of drug-likeness (QED) is 0.688. The molecule has 1 aliphatic heterocycles. The van der Waals surface area contributed by atoms with Gasteiger partial charge in [-0.25, -0.2) is 18.4 Å². The first-order valence-corrected chi connectivity index (χ1v) is 11.3. The molecular formula is C18H18Cl2N4O2S. The number of imidazole rings is 1. The van der Waals surface area contributed by atoms with E-state index in [1.807, 2.05) is 12.1 Å². The normalized spacial score (nSPS) is 16.2. The van der Waals surface area contributed by atoms with Crippen LogP contribution in [0.3, 0.4) is 0 Å². The fourth-order valence-electron chi connectivity index (χ4n) is 3.46. The third-order valence-corrected chi connectivity index (χ3v) is 7.32. The number of piperidine rings is 1. The van der Waals surface area contributed by atoms with Crippen molar-refractivity contribution in [2.24, 2.45) is 0 Å². The first-order chi connectivity index (χ1) is 12.8. The minimum Gasteiger partial charge on any atom is -0.356 e. The molecule has 3 heterocycles. The van der Waals surface area contributed by atoms with Gasteiger partial charge in [-0.05, 0) is 37.1 Å². The Bertz CT molecular complexity index is 1070. The molecule has 9 heteroatoms. The SMILES string of the molecule is CS(=O)(=O)C1CCN(c2ncccc2-c2nc3cc(Cl)c(Cl)cc3[nH]2)CC1. The van der Waals surface area contributed by atoms with Gasteiger partial charge in [-0.15, -0.1) is 0 Å². The summed E-state index contributed by atoms with van der Waals surface area (Å²) in [4.78, 5) is 14.6. The van der Waals surface area contributed by atoms with Gasteiger partial charge in [0.25, 0.3) is 0 Å². The number of hydrogen-bond donors (Lipinski definition) is 1. The van der Waals surface area contributed by atoms with E-state index in [0.29, 0.717) is 41.8 Å². The maximum Gasteiger partial charge on any atom is 0.150 e. The van der Waals surface area contributed by atoms with Crippen molar-refractivity contribution in [3.8, 4) is 11.4 Å². The molecule has 4 rings (SSSR count). The lowest BCUT2D eigenvalue weighted by Crippen LogP contribution is -2.39. The van der Waals surface area contributed by atoms with Crippen molar-refractivity contribution in [3.05, 3.63) is 40.5 Å². The van der Waals surface area contributed by atoms with Gasteiger partial charge in [-0.2, -0.15) is 0 Å². The van der Waals surface area contributed by atoms with E-state index >= 15 is 0 Å². The Labute approximate surface area is 167 Å². The first kappa shape index (κ1) is 18.5. The Hall–Kier alpha value is -1.83. The van der Waals surface area contributed by atoms with Crippen LogP contribution >= 0.6 is 23.2 Å². The summed E-state index contributed by atoms with van der Waals surface area (Å²) in [6.07, 6.45) is 4.24. The van der Waals surface area contributed by atoms with E-state index in [4.69, 9.17) is 23.2 Å². The van der Waals surface area contributed by atoms with Gasteiger partial charge in [-0.3, -0.25) is 0 Å². The van der Waals surface area contributed by atoms with E-state index in [2.05, 4.69) is 19.9 Å². The van der Waals surface area contributed by atoms with E-state index in [-0.39, 0.29) is 5.25 Å². The van der Waals surface area contributed by atoms with Gasteiger partial charge in [0.1, 0.15) is 21.5 Å². The van der Waals surface area contributed by atoms with Crippen LogP contribution < -0.4 is 4.90 Å². The molecule has 27 heavy (non-hydrogen) atoms. The fraction of sp³-hybridized carbons (Fsp3) is 0.333. The Morgan fingerprint density at radius 1 is 1.19 bits per heavy atom. The van der Waals surface area contributed by atoms with Crippen molar-refractivity contribution in [1.29, 1.82) is 0 Å². The lowest BCUT2D eigenvalue weighted by atomic mass is 10.1. The first-order valence-electron chi connectivity index (χ1n) is 8.57. The van der Waals surface area contributed by atoms with E-state index in [0.717, 1.165) is 22.4 Å². The minimum absolute atomic E-state index is 0.281. The van der Waals surface area contributed by atoms with E-state index in [1.54, 1.807) is 18.3 Å². The molecule has 1 aliphatic rings. The van der Waals surface area contributed by atoms with Crippen molar-refractivity contribution in [3.63, 3.8) is 0 Å². The van der Waals surface area contributed by atoms with Gasteiger partial charge >= 0.3 is 0 Å². The number of benzene rings is 1. The molecule has 1 N–H and O–H groups in total. The van der Waals surface area contributed by atoms with Crippen molar-refractivity contribution >= 4 is 49.9 Å². The number of nitrogens with zero attached hydrogens (tertiary/aromatic N) is 3. The Morgan fingerprint density at radius 3 is 2.59 bits per heavy atom. The average Bonchev–Trinajstić information content (AvgIpc) is 3.04. The summed E-state index contributed by atoms with van der Waals surface area (Å²) >= 11 is 12.2. The van der Waals surface area contributed by atoms with Gasteiger partial charge in [0, 0.05) is 25.5 Å². The van der Waals surface area contributed by atoms with Crippen molar-refractivity contribution in [1.82, 2.24) is 15.0 Å². The molecule has 3 aromatic rings. The zero-order valence-corrected chi connectivity index (χ0v) is 16.9. The van der Waals surface area contributed by atoms with Gasteiger partial charge < -0.3 is 9.88 Å². The molecule has 0 saturated carbocycles. The lowest BCUT2D eigenvalue weighted by Gasteiger charge is -2.32. The predicted molar refractivity (Wildman–Crippen MR) is 109 cm³/mol. The van der Waals surface area contributed by atoms with Crippen LogP contribution in [-0.4, -0.2) is 48.0 Å². The second kappa shape index (κ2) is 6.96. The highest BCUT2D eigenvalue weighted by molar-refractivity contribution is 7.91. The highest BCUT2D eigenvalue weighted by Gasteiger charge is 2.28.